The van der Waals surface area contributed by atoms with Crippen molar-refractivity contribution in [1.29, 1.82) is 0 Å². The monoisotopic (exact) mass is 346 g/mol. The number of aryl methyl sites for hydroxylation is 1. The summed E-state index contributed by atoms with van der Waals surface area (Å²) in [6.07, 6.45) is 8.28. The third-order valence-corrected chi connectivity index (χ3v) is 5.34. The first-order chi connectivity index (χ1) is 12.7. The molecule has 2 aliphatic rings. The zero-order chi connectivity index (χ0) is 17.9. The molecular formula is C23H26N2O. The summed E-state index contributed by atoms with van der Waals surface area (Å²) in [7, 11) is 2.15. The van der Waals surface area contributed by atoms with E-state index >= 15 is 0 Å². The summed E-state index contributed by atoms with van der Waals surface area (Å²) < 4.78 is 0. The van der Waals surface area contributed by atoms with E-state index in [4.69, 9.17) is 0 Å². The summed E-state index contributed by atoms with van der Waals surface area (Å²) in [4.78, 5) is 17.1. The van der Waals surface area contributed by atoms with E-state index in [0.717, 1.165) is 31.4 Å². The molecule has 0 radical (unpaired) electrons. The van der Waals surface area contributed by atoms with Gasteiger partial charge in [0, 0.05) is 37.9 Å². The molecule has 2 aromatic rings. The predicted octanol–water partition coefficient (Wildman–Crippen LogP) is 4.27. The Bertz CT molecular complexity index is 808. The van der Waals surface area contributed by atoms with Crippen LogP contribution in [0.5, 0.6) is 0 Å². The number of anilines is 1. The van der Waals surface area contributed by atoms with E-state index in [-0.39, 0.29) is 5.91 Å². The van der Waals surface area contributed by atoms with Crippen LogP contribution in [0.1, 0.15) is 36.0 Å². The van der Waals surface area contributed by atoms with Gasteiger partial charge in [0.15, 0.2) is 0 Å². The molecule has 0 unspecified atom stereocenters. The lowest BCUT2D eigenvalue weighted by Crippen LogP contribution is -2.31. The van der Waals surface area contributed by atoms with Gasteiger partial charge in [-0.15, -0.1) is 0 Å². The molecule has 1 fully saturated rings. The highest BCUT2D eigenvalue weighted by Crippen LogP contribution is 2.29. The normalized spacial score (nSPS) is 16.6. The van der Waals surface area contributed by atoms with E-state index in [2.05, 4.69) is 42.3 Å². The lowest BCUT2D eigenvalue weighted by molar-refractivity contribution is -0.127. The van der Waals surface area contributed by atoms with E-state index in [9.17, 15) is 4.79 Å². The maximum Gasteiger partial charge on any atom is 0.247 e. The van der Waals surface area contributed by atoms with Gasteiger partial charge in [-0.1, -0.05) is 36.4 Å². The molecule has 0 N–H and O–H groups in total. The highest BCUT2D eigenvalue weighted by Gasteiger charge is 2.31. The molecule has 0 spiro atoms. The van der Waals surface area contributed by atoms with Gasteiger partial charge in [0.25, 0.3) is 0 Å². The van der Waals surface area contributed by atoms with Crippen molar-refractivity contribution in [3.8, 4) is 0 Å². The van der Waals surface area contributed by atoms with Crippen molar-refractivity contribution in [2.24, 2.45) is 0 Å². The minimum Gasteiger partial charge on any atom is -0.374 e. The van der Waals surface area contributed by atoms with Gasteiger partial charge in [-0.05, 0) is 60.6 Å². The Hall–Kier alpha value is -2.55. The van der Waals surface area contributed by atoms with E-state index in [1.165, 1.54) is 23.2 Å². The van der Waals surface area contributed by atoms with E-state index in [0.29, 0.717) is 12.6 Å². The molecule has 134 valence electrons. The number of benzene rings is 2. The van der Waals surface area contributed by atoms with Gasteiger partial charge >= 0.3 is 0 Å². The van der Waals surface area contributed by atoms with Gasteiger partial charge in [0.05, 0.1) is 0 Å². The van der Waals surface area contributed by atoms with Crippen molar-refractivity contribution in [3.63, 3.8) is 0 Å². The molecule has 1 amide bonds. The van der Waals surface area contributed by atoms with Crippen molar-refractivity contribution < 1.29 is 4.79 Å². The summed E-state index contributed by atoms with van der Waals surface area (Å²) in [6.45, 7) is 1.82. The van der Waals surface area contributed by atoms with Crippen LogP contribution in [0.15, 0.2) is 54.6 Å². The molecule has 2 aromatic carbocycles. The van der Waals surface area contributed by atoms with Crippen LogP contribution in [0.25, 0.3) is 6.08 Å². The molecule has 0 atom stereocenters. The minimum absolute atomic E-state index is 0.117. The highest BCUT2D eigenvalue weighted by atomic mass is 16.2. The SMILES string of the molecule is CN1CCCc2cc(/C=C/C(=O)N(Cc3ccccc3)C3CC3)ccc21. The average Bonchev–Trinajstić information content (AvgIpc) is 3.50. The van der Waals surface area contributed by atoms with E-state index in [1.54, 1.807) is 6.08 Å². The standard InChI is InChI=1S/C23H26N2O/c1-24-15-5-8-20-16-18(9-13-22(20)24)10-14-23(26)25(21-11-12-21)17-19-6-3-2-4-7-19/h2-4,6-7,9-10,13-14,16,21H,5,8,11-12,15,17H2,1H3/b14-10+. The molecule has 0 saturated heterocycles. The second kappa shape index (κ2) is 7.36. The number of nitrogens with zero attached hydrogens (tertiary/aromatic N) is 2. The van der Waals surface area contributed by atoms with Crippen molar-refractivity contribution in [1.82, 2.24) is 4.90 Å². The molecule has 1 saturated carbocycles. The van der Waals surface area contributed by atoms with Crippen LogP contribution < -0.4 is 4.90 Å². The van der Waals surface area contributed by atoms with E-state index < -0.39 is 0 Å². The summed E-state index contributed by atoms with van der Waals surface area (Å²) >= 11 is 0. The van der Waals surface area contributed by atoms with Crippen LogP contribution in [0.3, 0.4) is 0 Å². The number of amides is 1. The first kappa shape index (κ1) is 16.9. The van der Waals surface area contributed by atoms with Gasteiger partial charge in [-0.3, -0.25) is 4.79 Å². The Labute approximate surface area is 155 Å². The van der Waals surface area contributed by atoms with Crippen LogP contribution in [-0.4, -0.2) is 30.4 Å². The number of hydrogen-bond acceptors (Lipinski definition) is 2. The Kier molecular flexibility index (Phi) is 4.79. The first-order valence-corrected chi connectivity index (χ1v) is 9.57. The largest absolute Gasteiger partial charge is 0.374 e. The fourth-order valence-electron chi connectivity index (χ4n) is 3.73. The molecule has 3 heteroatoms. The lowest BCUT2D eigenvalue weighted by Gasteiger charge is -2.27. The topological polar surface area (TPSA) is 23.6 Å². The van der Waals surface area contributed by atoms with Gasteiger partial charge in [0.1, 0.15) is 0 Å². The second-order valence-electron chi connectivity index (χ2n) is 7.43. The van der Waals surface area contributed by atoms with Crippen molar-refractivity contribution in [3.05, 3.63) is 71.3 Å². The zero-order valence-electron chi connectivity index (χ0n) is 15.4. The fraction of sp³-hybridized carbons (Fsp3) is 0.348. The Morgan fingerprint density at radius 3 is 2.77 bits per heavy atom. The fourth-order valence-corrected chi connectivity index (χ4v) is 3.73. The third kappa shape index (κ3) is 3.82. The smallest absolute Gasteiger partial charge is 0.247 e. The number of carbonyl (C=O) groups excluding carboxylic acids is 1. The number of hydrogen-bond donors (Lipinski definition) is 0. The lowest BCUT2D eigenvalue weighted by atomic mass is 9.99. The summed E-state index contributed by atoms with van der Waals surface area (Å²) in [6, 6.07) is 17.2. The van der Waals surface area contributed by atoms with Crippen LogP contribution in [0.4, 0.5) is 5.69 Å². The summed E-state index contributed by atoms with van der Waals surface area (Å²) in [5.41, 5.74) is 5.01. The molecule has 1 aliphatic carbocycles. The van der Waals surface area contributed by atoms with Gasteiger partial charge in [-0.25, -0.2) is 0 Å². The van der Waals surface area contributed by atoms with Gasteiger partial charge in [-0.2, -0.15) is 0 Å². The van der Waals surface area contributed by atoms with Crippen molar-refractivity contribution in [2.75, 3.05) is 18.5 Å². The molecular weight excluding hydrogens is 320 g/mol. The molecule has 1 heterocycles. The molecule has 0 bridgehead atoms. The average molecular weight is 346 g/mol. The number of fused-ring (bicyclic) bond motifs is 1. The van der Waals surface area contributed by atoms with Gasteiger partial charge in [0.2, 0.25) is 5.91 Å². The van der Waals surface area contributed by atoms with Crippen molar-refractivity contribution >= 4 is 17.7 Å². The Morgan fingerprint density at radius 2 is 2.00 bits per heavy atom. The molecule has 26 heavy (non-hydrogen) atoms. The quantitative estimate of drug-likeness (QED) is 0.755. The van der Waals surface area contributed by atoms with Crippen LogP contribution in [-0.2, 0) is 17.8 Å². The van der Waals surface area contributed by atoms with Crippen LogP contribution in [0.2, 0.25) is 0 Å². The van der Waals surface area contributed by atoms with Crippen molar-refractivity contribution in [2.45, 2.75) is 38.3 Å². The number of carbonyl (C=O) groups is 1. The van der Waals surface area contributed by atoms with Gasteiger partial charge < -0.3 is 9.80 Å². The number of rotatable bonds is 5. The molecule has 1 aliphatic heterocycles. The molecule has 0 aromatic heterocycles. The maximum absolute atomic E-state index is 12.8. The first-order valence-electron chi connectivity index (χ1n) is 9.57. The molecule has 3 nitrogen and oxygen atoms in total. The summed E-state index contributed by atoms with van der Waals surface area (Å²) in [5, 5.41) is 0. The van der Waals surface area contributed by atoms with Crippen LogP contribution in [0, 0.1) is 0 Å². The Morgan fingerprint density at radius 1 is 1.19 bits per heavy atom. The maximum atomic E-state index is 12.8. The predicted molar refractivity (Wildman–Crippen MR) is 107 cm³/mol. The molecule has 4 rings (SSSR count). The summed E-state index contributed by atoms with van der Waals surface area (Å²) in [5.74, 6) is 0.117. The minimum atomic E-state index is 0.117. The zero-order valence-corrected chi connectivity index (χ0v) is 15.4. The third-order valence-electron chi connectivity index (χ3n) is 5.34. The second-order valence-corrected chi connectivity index (χ2v) is 7.43. The van der Waals surface area contributed by atoms with E-state index in [1.807, 2.05) is 29.2 Å². The van der Waals surface area contributed by atoms with Crippen LogP contribution >= 0.6 is 0 Å². The highest BCUT2D eigenvalue weighted by molar-refractivity contribution is 5.92. The Balaban J connectivity index is 1.47.